The van der Waals surface area contributed by atoms with Crippen molar-refractivity contribution in [3.05, 3.63) is 41.8 Å². The Bertz CT molecular complexity index is 659. The summed E-state index contributed by atoms with van der Waals surface area (Å²) in [6.07, 6.45) is 2.18. The molecule has 1 N–H and O–H groups in total. The van der Waals surface area contributed by atoms with Crippen LogP contribution in [0.1, 0.15) is 26.7 Å². The fraction of sp³-hybridized carbons (Fsp3) is 0.375. The molecule has 0 amide bonds. The van der Waals surface area contributed by atoms with Gasteiger partial charge in [0.2, 0.25) is 0 Å². The second kappa shape index (κ2) is 7.65. The van der Waals surface area contributed by atoms with Crippen LogP contribution in [0.3, 0.4) is 0 Å². The van der Waals surface area contributed by atoms with Gasteiger partial charge >= 0.3 is 0 Å². The largest absolute Gasteiger partial charge is 0.372 e. The molecule has 0 aliphatic rings. The molecule has 0 saturated carbocycles. The summed E-state index contributed by atoms with van der Waals surface area (Å²) in [5.74, 6) is 0. The first kappa shape index (κ1) is 16.8. The van der Waals surface area contributed by atoms with Gasteiger partial charge in [-0.1, -0.05) is 19.9 Å². The van der Waals surface area contributed by atoms with Crippen molar-refractivity contribution < 1.29 is 8.42 Å². The number of sulfonamides is 1. The summed E-state index contributed by atoms with van der Waals surface area (Å²) in [6, 6.07) is 10.9. The molecule has 0 fully saturated rings. The van der Waals surface area contributed by atoms with Gasteiger partial charge in [-0.05, 0) is 48.6 Å². The van der Waals surface area contributed by atoms with Crippen molar-refractivity contribution >= 4 is 32.7 Å². The highest BCUT2D eigenvalue weighted by molar-refractivity contribution is 7.94. The minimum Gasteiger partial charge on any atom is -0.372 e. The lowest BCUT2D eigenvalue weighted by Gasteiger charge is -2.24. The Morgan fingerprint density at radius 3 is 2.18 bits per heavy atom. The molecule has 6 heteroatoms. The third kappa shape index (κ3) is 4.24. The fourth-order valence-corrected chi connectivity index (χ4v) is 4.32. The summed E-state index contributed by atoms with van der Waals surface area (Å²) < 4.78 is 27.3. The highest BCUT2D eigenvalue weighted by atomic mass is 32.2. The van der Waals surface area contributed by atoms with Crippen LogP contribution in [0.25, 0.3) is 0 Å². The molecule has 1 aromatic carbocycles. The zero-order valence-corrected chi connectivity index (χ0v) is 14.6. The number of nitrogens with one attached hydrogen (secondary N) is 1. The van der Waals surface area contributed by atoms with Crippen LogP contribution >= 0.6 is 11.3 Å². The Labute approximate surface area is 136 Å². The molecule has 0 bridgehead atoms. The van der Waals surface area contributed by atoms with E-state index in [1.165, 1.54) is 11.3 Å². The van der Waals surface area contributed by atoms with E-state index in [-0.39, 0.29) is 0 Å². The zero-order valence-electron chi connectivity index (χ0n) is 13.0. The van der Waals surface area contributed by atoms with E-state index in [2.05, 4.69) is 23.5 Å². The highest BCUT2D eigenvalue weighted by Crippen LogP contribution is 2.23. The summed E-state index contributed by atoms with van der Waals surface area (Å²) in [5.41, 5.74) is 1.72. The van der Waals surface area contributed by atoms with Crippen molar-refractivity contribution in [1.82, 2.24) is 0 Å². The average molecular weight is 338 g/mol. The number of hydrogen-bond donors (Lipinski definition) is 1. The molecule has 2 aromatic rings. The van der Waals surface area contributed by atoms with Gasteiger partial charge in [-0.15, -0.1) is 11.3 Å². The van der Waals surface area contributed by atoms with Gasteiger partial charge in [-0.25, -0.2) is 8.42 Å². The Morgan fingerprint density at radius 1 is 1.05 bits per heavy atom. The van der Waals surface area contributed by atoms with Crippen LogP contribution in [-0.4, -0.2) is 21.5 Å². The minimum absolute atomic E-state index is 0.329. The maximum absolute atomic E-state index is 12.2. The molecule has 22 heavy (non-hydrogen) atoms. The number of hydrogen-bond acceptors (Lipinski definition) is 4. The first-order valence-corrected chi connectivity index (χ1v) is 9.84. The Morgan fingerprint density at radius 2 is 1.68 bits per heavy atom. The van der Waals surface area contributed by atoms with Gasteiger partial charge in [0, 0.05) is 24.5 Å². The SMILES string of the molecule is CCCN(CCC)c1ccc(NS(=O)(=O)c2cccs2)cc1. The lowest BCUT2D eigenvalue weighted by molar-refractivity contribution is 0.603. The lowest BCUT2D eigenvalue weighted by atomic mass is 10.2. The summed E-state index contributed by atoms with van der Waals surface area (Å²) in [5, 5.41) is 1.75. The van der Waals surface area contributed by atoms with Crippen molar-refractivity contribution in [2.45, 2.75) is 30.9 Å². The van der Waals surface area contributed by atoms with Crippen LogP contribution in [0.2, 0.25) is 0 Å². The van der Waals surface area contributed by atoms with E-state index in [0.29, 0.717) is 9.90 Å². The Balaban J connectivity index is 2.12. The van der Waals surface area contributed by atoms with Gasteiger partial charge in [-0.3, -0.25) is 4.72 Å². The third-order valence-corrected chi connectivity index (χ3v) is 6.01. The van der Waals surface area contributed by atoms with Crippen molar-refractivity contribution in [3.8, 4) is 0 Å². The van der Waals surface area contributed by atoms with Crippen LogP contribution in [-0.2, 0) is 10.0 Å². The summed E-state index contributed by atoms with van der Waals surface area (Å²) in [4.78, 5) is 2.32. The summed E-state index contributed by atoms with van der Waals surface area (Å²) in [6.45, 7) is 6.33. The van der Waals surface area contributed by atoms with Crippen molar-refractivity contribution in [2.24, 2.45) is 0 Å². The highest BCUT2D eigenvalue weighted by Gasteiger charge is 2.15. The van der Waals surface area contributed by atoms with E-state index in [1.807, 2.05) is 24.3 Å². The predicted molar refractivity (Wildman–Crippen MR) is 94.4 cm³/mol. The van der Waals surface area contributed by atoms with Gasteiger partial charge < -0.3 is 4.90 Å². The number of nitrogens with zero attached hydrogens (tertiary/aromatic N) is 1. The van der Waals surface area contributed by atoms with Gasteiger partial charge in [-0.2, -0.15) is 0 Å². The lowest BCUT2D eigenvalue weighted by Crippen LogP contribution is -2.24. The molecule has 1 aromatic heterocycles. The van der Waals surface area contributed by atoms with Crippen LogP contribution in [0.5, 0.6) is 0 Å². The molecule has 0 saturated heterocycles. The first-order chi connectivity index (χ1) is 10.6. The van der Waals surface area contributed by atoms with E-state index in [4.69, 9.17) is 0 Å². The van der Waals surface area contributed by atoms with Gasteiger partial charge in [0.1, 0.15) is 4.21 Å². The smallest absolute Gasteiger partial charge is 0.271 e. The molecule has 120 valence electrons. The molecular formula is C16H22N2O2S2. The van der Waals surface area contributed by atoms with E-state index in [0.717, 1.165) is 31.6 Å². The predicted octanol–water partition coefficient (Wildman–Crippen LogP) is 4.18. The normalized spacial score (nSPS) is 11.4. The quantitative estimate of drug-likeness (QED) is 0.786. The average Bonchev–Trinajstić information content (AvgIpc) is 3.03. The molecule has 4 nitrogen and oxygen atoms in total. The first-order valence-electron chi connectivity index (χ1n) is 7.48. The fourth-order valence-electron chi connectivity index (χ4n) is 2.27. The standard InChI is InChI=1S/C16H22N2O2S2/c1-3-11-18(12-4-2)15-9-7-14(8-10-15)17-22(19,20)16-6-5-13-21-16/h5-10,13,17H,3-4,11-12H2,1-2H3. The monoisotopic (exact) mass is 338 g/mol. The van der Waals surface area contributed by atoms with Crippen molar-refractivity contribution in [3.63, 3.8) is 0 Å². The van der Waals surface area contributed by atoms with Crippen molar-refractivity contribution in [2.75, 3.05) is 22.7 Å². The maximum Gasteiger partial charge on any atom is 0.271 e. The Kier molecular flexibility index (Phi) is 5.85. The summed E-state index contributed by atoms with van der Waals surface area (Å²) in [7, 11) is -3.47. The molecule has 2 rings (SSSR count). The van der Waals surface area contributed by atoms with E-state index in [9.17, 15) is 8.42 Å². The van der Waals surface area contributed by atoms with E-state index >= 15 is 0 Å². The van der Waals surface area contributed by atoms with Crippen LogP contribution in [0, 0.1) is 0 Å². The molecule has 0 aliphatic heterocycles. The molecule has 0 aliphatic carbocycles. The topological polar surface area (TPSA) is 49.4 Å². The minimum atomic E-state index is -3.47. The molecule has 0 radical (unpaired) electrons. The number of rotatable bonds is 8. The van der Waals surface area contributed by atoms with Crippen LogP contribution in [0.4, 0.5) is 11.4 Å². The van der Waals surface area contributed by atoms with E-state index in [1.54, 1.807) is 17.5 Å². The molecule has 0 atom stereocenters. The zero-order chi connectivity index (χ0) is 16.0. The van der Waals surface area contributed by atoms with Crippen LogP contribution in [0.15, 0.2) is 46.0 Å². The molecule has 0 spiro atoms. The third-order valence-electron chi connectivity index (χ3n) is 3.23. The second-order valence-corrected chi connectivity index (χ2v) is 7.93. The molecule has 0 unspecified atom stereocenters. The molecular weight excluding hydrogens is 316 g/mol. The summed E-state index contributed by atoms with van der Waals surface area (Å²) >= 11 is 1.21. The van der Waals surface area contributed by atoms with E-state index < -0.39 is 10.0 Å². The Hall–Kier alpha value is -1.53. The number of benzene rings is 1. The van der Waals surface area contributed by atoms with Gasteiger partial charge in [0.05, 0.1) is 0 Å². The van der Waals surface area contributed by atoms with Crippen LogP contribution < -0.4 is 9.62 Å². The van der Waals surface area contributed by atoms with Crippen molar-refractivity contribution in [1.29, 1.82) is 0 Å². The maximum atomic E-state index is 12.2. The number of thiophene rings is 1. The van der Waals surface area contributed by atoms with Gasteiger partial charge in [0.15, 0.2) is 0 Å². The van der Waals surface area contributed by atoms with Gasteiger partial charge in [0.25, 0.3) is 10.0 Å². The second-order valence-electron chi connectivity index (χ2n) is 5.07. The number of anilines is 2. The molecule has 1 heterocycles.